The van der Waals surface area contributed by atoms with Gasteiger partial charge in [-0.1, -0.05) is 170 Å². The molecule has 2 aromatic heterocycles. The minimum absolute atomic E-state index is 0.259. The van der Waals surface area contributed by atoms with E-state index < -0.39 is 0 Å². The van der Waals surface area contributed by atoms with E-state index in [4.69, 9.17) is 10.3 Å². The van der Waals surface area contributed by atoms with Gasteiger partial charge in [0, 0.05) is 38.6 Å². The van der Waals surface area contributed by atoms with Crippen LogP contribution in [0.4, 0.5) is 0 Å². The monoisotopic (exact) mass is 735 g/mol. The van der Waals surface area contributed by atoms with E-state index in [2.05, 4.69) is 198 Å². The Bertz CT molecular complexity index is 3090. The summed E-state index contributed by atoms with van der Waals surface area (Å²) in [5.41, 5.74) is 11.5. The van der Waals surface area contributed by atoms with Crippen molar-refractivity contribution >= 4 is 59.2 Å². The summed E-state index contributed by atoms with van der Waals surface area (Å²) >= 11 is 1.86. The van der Waals surface area contributed by atoms with Crippen LogP contribution in [-0.2, 0) is 0 Å². The number of nitrogens with one attached hydrogen (secondary N) is 1. The molecule has 2 unspecified atom stereocenters. The van der Waals surface area contributed by atoms with Crippen LogP contribution >= 0.6 is 11.3 Å². The molecule has 0 bridgehead atoms. The van der Waals surface area contributed by atoms with Gasteiger partial charge in [-0.3, -0.25) is 0 Å². The highest BCUT2D eigenvalue weighted by molar-refractivity contribution is 7.26. The van der Waals surface area contributed by atoms with E-state index in [1.54, 1.807) is 0 Å². The van der Waals surface area contributed by atoms with Crippen LogP contribution in [0.25, 0.3) is 75.2 Å². The summed E-state index contributed by atoms with van der Waals surface area (Å²) in [5, 5.41) is 14.0. The molecule has 1 N–H and O–H groups in total. The van der Waals surface area contributed by atoms with Gasteiger partial charge in [-0.25, -0.2) is 0 Å². The maximum Gasteiger partial charge on any atom is 0.0640 e. The molecule has 266 valence electrons. The number of benzene rings is 8. The molecular formula is C51H35N4S-. The van der Waals surface area contributed by atoms with Crippen LogP contribution in [0.3, 0.4) is 0 Å². The summed E-state index contributed by atoms with van der Waals surface area (Å²) < 4.78 is 5.02. The predicted molar refractivity (Wildman–Crippen MR) is 236 cm³/mol. The molecule has 0 amide bonds. The Morgan fingerprint density at radius 3 is 1.91 bits per heavy atom. The smallest absolute Gasteiger partial charge is 0.0640 e. The summed E-state index contributed by atoms with van der Waals surface area (Å²) in [4.78, 5) is 5.33. The molecule has 0 radical (unpaired) electrons. The van der Waals surface area contributed by atoms with Crippen molar-refractivity contribution in [3.8, 4) is 27.9 Å². The molecule has 5 heteroatoms. The van der Waals surface area contributed by atoms with E-state index in [-0.39, 0.29) is 12.3 Å². The summed E-state index contributed by atoms with van der Waals surface area (Å²) in [5.74, 6) is 0.737. The average molecular weight is 736 g/mol. The summed E-state index contributed by atoms with van der Waals surface area (Å²) in [6.45, 7) is 0. The molecule has 0 spiro atoms. The highest BCUT2D eigenvalue weighted by atomic mass is 32.1. The molecule has 11 rings (SSSR count). The summed E-state index contributed by atoms with van der Waals surface area (Å²) in [6.07, 6.45) is -0.545. The molecule has 2 atom stereocenters. The number of amidine groups is 1. The second-order valence-electron chi connectivity index (χ2n) is 14.4. The maximum absolute atomic E-state index is 5.33. The molecule has 0 saturated heterocycles. The van der Waals surface area contributed by atoms with Crippen LogP contribution in [0.15, 0.2) is 199 Å². The fraction of sp³-hybridized carbons (Fsp3) is 0.0392. The van der Waals surface area contributed by atoms with Gasteiger partial charge in [0.25, 0.3) is 0 Å². The molecule has 1 aliphatic heterocycles. The molecule has 3 heterocycles. The van der Waals surface area contributed by atoms with Gasteiger partial charge in [-0.05, 0) is 69.3 Å². The quantitative estimate of drug-likeness (QED) is 0.182. The first-order valence-electron chi connectivity index (χ1n) is 19.0. The summed E-state index contributed by atoms with van der Waals surface area (Å²) in [6, 6.07) is 69.4. The van der Waals surface area contributed by atoms with E-state index >= 15 is 0 Å². The first-order chi connectivity index (χ1) is 27.7. The van der Waals surface area contributed by atoms with E-state index in [0.29, 0.717) is 0 Å². The van der Waals surface area contributed by atoms with Gasteiger partial charge in [0.15, 0.2) is 0 Å². The highest BCUT2D eigenvalue weighted by Crippen LogP contribution is 2.42. The maximum atomic E-state index is 5.33. The van der Waals surface area contributed by atoms with Crippen molar-refractivity contribution in [1.82, 2.24) is 9.88 Å². The first kappa shape index (κ1) is 32.6. The Morgan fingerprint density at radius 1 is 0.464 bits per heavy atom. The standard InChI is InChI=1S/C51H35N4S/c1-3-13-33(14-4-1)37-17-11-18-38(31-37)34-25-27-36(28-26-34)50-52-49(35-15-5-2-6-16-35)53-51(54-50)39-29-30-41-40-19-7-9-22-44(40)55(46(41)32-39)45-23-12-21-43-42-20-8-10-24-47(42)56-48(43)45/h1-32,49-50,52H/q-1. The number of fused-ring (bicyclic) bond motifs is 6. The van der Waals surface area contributed by atoms with Crippen molar-refractivity contribution in [2.45, 2.75) is 12.3 Å². The number of hydrogen-bond acceptors (Lipinski definition) is 3. The molecule has 0 saturated carbocycles. The second kappa shape index (κ2) is 13.5. The highest BCUT2D eigenvalue weighted by Gasteiger charge is 2.21. The summed E-state index contributed by atoms with van der Waals surface area (Å²) in [7, 11) is 0. The fourth-order valence-electron chi connectivity index (χ4n) is 8.27. The molecule has 0 fully saturated rings. The zero-order valence-corrected chi connectivity index (χ0v) is 31.2. The lowest BCUT2D eigenvalue weighted by molar-refractivity contribution is 0.488. The van der Waals surface area contributed by atoms with Crippen molar-refractivity contribution in [2.75, 3.05) is 0 Å². The van der Waals surface area contributed by atoms with E-state index in [0.717, 1.165) is 28.0 Å². The molecular weight excluding hydrogens is 701 g/mol. The second-order valence-corrected chi connectivity index (χ2v) is 15.4. The largest absolute Gasteiger partial charge is 0.445 e. The van der Waals surface area contributed by atoms with Crippen molar-refractivity contribution < 1.29 is 0 Å². The normalized spacial score (nSPS) is 15.7. The topological polar surface area (TPSA) is 43.4 Å². The van der Waals surface area contributed by atoms with Crippen molar-refractivity contribution in [3.05, 3.63) is 216 Å². The van der Waals surface area contributed by atoms with Gasteiger partial charge in [0.05, 0.1) is 21.4 Å². The van der Waals surface area contributed by atoms with Crippen molar-refractivity contribution in [1.29, 1.82) is 0 Å². The third kappa shape index (κ3) is 5.60. The van der Waals surface area contributed by atoms with Gasteiger partial charge >= 0.3 is 0 Å². The van der Waals surface area contributed by atoms with Gasteiger partial charge in [0.1, 0.15) is 0 Å². The van der Waals surface area contributed by atoms with Gasteiger partial charge in [-0.2, -0.15) is 0 Å². The third-order valence-electron chi connectivity index (χ3n) is 11.0. The van der Waals surface area contributed by atoms with E-state index in [1.807, 2.05) is 17.4 Å². The van der Waals surface area contributed by atoms with Crippen LogP contribution in [0.1, 0.15) is 29.0 Å². The van der Waals surface area contributed by atoms with Crippen LogP contribution in [0, 0.1) is 0 Å². The molecule has 1 aliphatic rings. The van der Waals surface area contributed by atoms with Crippen molar-refractivity contribution in [2.24, 2.45) is 4.99 Å². The lowest BCUT2D eigenvalue weighted by Crippen LogP contribution is -2.31. The lowest BCUT2D eigenvalue weighted by Gasteiger charge is -2.40. The number of aromatic nitrogens is 1. The zero-order valence-electron chi connectivity index (χ0n) is 30.4. The number of rotatable bonds is 6. The first-order valence-corrected chi connectivity index (χ1v) is 19.9. The number of hydrogen-bond donors (Lipinski definition) is 1. The zero-order chi connectivity index (χ0) is 37.0. The Balaban J connectivity index is 1.02. The Hall–Kier alpha value is -6.79. The molecule has 8 aromatic carbocycles. The Kier molecular flexibility index (Phi) is 7.87. The Labute approximate surface area is 329 Å². The van der Waals surface area contributed by atoms with E-state index in [9.17, 15) is 0 Å². The number of para-hydroxylation sites is 1. The molecule has 56 heavy (non-hydrogen) atoms. The van der Waals surface area contributed by atoms with Crippen molar-refractivity contribution in [3.63, 3.8) is 0 Å². The SMILES string of the molecule is c1ccc(-c2cccc(-c3ccc(C4N=C(c5ccc6c7ccccc7n(-c7cccc8c7sc7ccccc78)c6c5)[N-]C(c5ccccc5)N4)cc3)c2)cc1. The number of nitrogens with zero attached hydrogens (tertiary/aromatic N) is 3. The average Bonchev–Trinajstić information content (AvgIpc) is 3.83. The molecule has 4 nitrogen and oxygen atoms in total. The van der Waals surface area contributed by atoms with Crippen LogP contribution < -0.4 is 5.32 Å². The lowest BCUT2D eigenvalue weighted by atomic mass is 9.98. The minimum Gasteiger partial charge on any atom is -0.445 e. The van der Waals surface area contributed by atoms with Gasteiger partial charge in [0.2, 0.25) is 0 Å². The third-order valence-corrected chi connectivity index (χ3v) is 12.2. The van der Waals surface area contributed by atoms with Gasteiger partial charge < -0.3 is 20.2 Å². The molecule has 10 aromatic rings. The van der Waals surface area contributed by atoms with Crippen LogP contribution in [0.5, 0.6) is 0 Å². The van der Waals surface area contributed by atoms with Crippen LogP contribution in [-0.4, -0.2) is 10.4 Å². The number of thiophene rings is 1. The number of aliphatic imine (C=N–C) groups is 1. The van der Waals surface area contributed by atoms with E-state index in [1.165, 1.54) is 64.4 Å². The fourth-order valence-corrected chi connectivity index (χ4v) is 9.48. The molecule has 0 aliphatic carbocycles. The van der Waals surface area contributed by atoms with Crippen LogP contribution in [0.2, 0.25) is 0 Å². The minimum atomic E-state index is -0.286. The Morgan fingerprint density at radius 2 is 1.09 bits per heavy atom. The van der Waals surface area contributed by atoms with Gasteiger partial charge in [-0.15, -0.1) is 11.3 Å². The predicted octanol–water partition coefficient (Wildman–Crippen LogP) is 13.6.